The summed E-state index contributed by atoms with van der Waals surface area (Å²) in [4.78, 5) is 0.178. The predicted octanol–water partition coefficient (Wildman–Crippen LogP) is 4.10. The molecular formula is C20H20O4S. The fourth-order valence-electron chi connectivity index (χ4n) is 2.70. The zero-order valence-electron chi connectivity index (χ0n) is 14.2. The van der Waals surface area contributed by atoms with Gasteiger partial charge >= 0.3 is 0 Å². The van der Waals surface area contributed by atoms with Crippen molar-refractivity contribution in [1.82, 2.24) is 0 Å². The van der Waals surface area contributed by atoms with Gasteiger partial charge in [-0.3, -0.25) is 4.18 Å². The maximum Gasteiger partial charge on any atom is 0.296 e. The summed E-state index contributed by atoms with van der Waals surface area (Å²) in [7, 11) is -2.11. The second kappa shape index (κ2) is 7.25. The average Bonchev–Trinajstić information content (AvgIpc) is 2.61. The van der Waals surface area contributed by atoms with Crippen LogP contribution in [0.2, 0.25) is 0 Å². The molecule has 0 bridgehead atoms. The second-order valence-electron chi connectivity index (χ2n) is 5.84. The Hall–Kier alpha value is -2.37. The lowest BCUT2D eigenvalue weighted by atomic mass is 10.0. The molecule has 3 rings (SSSR count). The summed E-state index contributed by atoms with van der Waals surface area (Å²) in [6, 6.07) is 18.4. The largest absolute Gasteiger partial charge is 0.497 e. The van der Waals surface area contributed by atoms with Crippen LogP contribution >= 0.6 is 0 Å². The van der Waals surface area contributed by atoms with Gasteiger partial charge in [-0.1, -0.05) is 42.0 Å². The van der Waals surface area contributed by atoms with Gasteiger partial charge in [0.15, 0.2) is 0 Å². The van der Waals surface area contributed by atoms with Crippen LogP contribution < -0.4 is 4.74 Å². The number of ether oxygens (including phenoxy) is 1. The Morgan fingerprint density at radius 1 is 0.960 bits per heavy atom. The van der Waals surface area contributed by atoms with E-state index < -0.39 is 10.1 Å². The predicted molar refractivity (Wildman–Crippen MR) is 98.5 cm³/mol. The summed E-state index contributed by atoms with van der Waals surface area (Å²) < 4.78 is 35.0. The summed E-state index contributed by atoms with van der Waals surface area (Å²) in [5.41, 5.74) is 2.03. The first-order valence-electron chi connectivity index (χ1n) is 8.01. The second-order valence-corrected chi connectivity index (χ2v) is 7.46. The zero-order chi connectivity index (χ0) is 17.9. The minimum absolute atomic E-state index is 0.0898. The van der Waals surface area contributed by atoms with Gasteiger partial charge in [0, 0.05) is 0 Å². The highest BCUT2D eigenvalue weighted by Gasteiger charge is 2.15. The van der Waals surface area contributed by atoms with Crippen LogP contribution in [0.1, 0.15) is 11.1 Å². The molecule has 0 spiro atoms. The normalized spacial score (nSPS) is 11.6. The minimum Gasteiger partial charge on any atom is -0.497 e. The van der Waals surface area contributed by atoms with Gasteiger partial charge in [-0.25, -0.2) is 0 Å². The summed E-state index contributed by atoms with van der Waals surface area (Å²) in [6.45, 7) is 2.00. The number of methoxy groups -OCH3 is 1. The van der Waals surface area contributed by atoms with E-state index in [1.807, 2.05) is 43.3 Å². The lowest BCUT2D eigenvalue weighted by Gasteiger charge is -2.09. The molecule has 0 saturated heterocycles. The van der Waals surface area contributed by atoms with Crippen molar-refractivity contribution in [2.75, 3.05) is 13.7 Å². The summed E-state index contributed by atoms with van der Waals surface area (Å²) in [5, 5.41) is 2.12. The highest BCUT2D eigenvalue weighted by atomic mass is 32.2. The van der Waals surface area contributed by atoms with Crippen LogP contribution in [0.5, 0.6) is 5.75 Å². The van der Waals surface area contributed by atoms with Crippen molar-refractivity contribution in [2.45, 2.75) is 18.2 Å². The lowest BCUT2D eigenvalue weighted by Crippen LogP contribution is -2.09. The van der Waals surface area contributed by atoms with Gasteiger partial charge in [0.05, 0.1) is 18.6 Å². The van der Waals surface area contributed by atoms with Crippen LogP contribution in [0.15, 0.2) is 65.6 Å². The number of aryl methyl sites for hydroxylation is 1. The van der Waals surface area contributed by atoms with Crippen molar-refractivity contribution in [1.29, 1.82) is 0 Å². The fourth-order valence-corrected chi connectivity index (χ4v) is 3.60. The third kappa shape index (κ3) is 4.00. The minimum atomic E-state index is -3.74. The zero-order valence-corrected chi connectivity index (χ0v) is 15.0. The molecule has 0 aromatic heterocycles. The molecule has 3 aromatic carbocycles. The molecule has 0 amide bonds. The molecule has 0 N–H and O–H groups in total. The molecule has 0 saturated carbocycles. The third-order valence-electron chi connectivity index (χ3n) is 4.10. The molecule has 4 nitrogen and oxygen atoms in total. The molecule has 0 aliphatic rings. The first-order valence-corrected chi connectivity index (χ1v) is 9.42. The van der Waals surface area contributed by atoms with E-state index in [9.17, 15) is 8.42 Å². The van der Waals surface area contributed by atoms with Crippen molar-refractivity contribution in [3.05, 3.63) is 71.8 Å². The Labute approximate surface area is 148 Å². The topological polar surface area (TPSA) is 52.6 Å². The van der Waals surface area contributed by atoms with E-state index in [4.69, 9.17) is 8.92 Å². The molecule has 0 fully saturated rings. The van der Waals surface area contributed by atoms with Gasteiger partial charge in [0.25, 0.3) is 10.1 Å². The summed E-state index contributed by atoms with van der Waals surface area (Å²) in [5.74, 6) is 0.771. The van der Waals surface area contributed by atoms with Gasteiger partial charge in [0.1, 0.15) is 5.75 Å². The Balaban J connectivity index is 1.75. The van der Waals surface area contributed by atoms with Gasteiger partial charge in [-0.15, -0.1) is 0 Å². The average molecular weight is 356 g/mol. The third-order valence-corrected chi connectivity index (χ3v) is 5.43. The van der Waals surface area contributed by atoms with E-state index in [1.165, 1.54) is 0 Å². The van der Waals surface area contributed by atoms with Crippen LogP contribution in [0.4, 0.5) is 0 Å². The van der Waals surface area contributed by atoms with Crippen LogP contribution in [-0.2, 0) is 20.7 Å². The quantitative estimate of drug-likeness (QED) is 0.624. The lowest BCUT2D eigenvalue weighted by molar-refractivity contribution is 0.322. The number of fused-ring (bicyclic) bond motifs is 1. The van der Waals surface area contributed by atoms with E-state index in [0.29, 0.717) is 6.42 Å². The van der Waals surface area contributed by atoms with Crippen LogP contribution in [-0.4, -0.2) is 22.1 Å². The van der Waals surface area contributed by atoms with Crippen molar-refractivity contribution in [3.8, 4) is 5.75 Å². The van der Waals surface area contributed by atoms with Gasteiger partial charge < -0.3 is 4.74 Å². The fraction of sp³-hybridized carbons (Fsp3) is 0.200. The summed E-state index contributed by atoms with van der Waals surface area (Å²) in [6.07, 6.45) is 0.496. The molecule has 0 aliphatic heterocycles. The van der Waals surface area contributed by atoms with Crippen molar-refractivity contribution < 1.29 is 17.3 Å². The van der Waals surface area contributed by atoms with Crippen molar-refractivity contribution in [2.24, 2.45) is 0 Å². The Kier molecular flexibility index (Phi) is 5.06. The van der Waals surface area contributed by atoms with Crippen molar-refractivity contribution in [3.63, 3.8) is 0 Å². The van der Waals surface area contributed by atoms with Gasteiger partial charge in [-0.05, 0) is 53.9 Å². The monoisotopic (exact) mass is 356 g/mol. The first-order chi connectivity index (χ1) is 12.0. The van der Waals surface area contributed by atoms with E-state index in [2.05, 4.69) is 0 Å². The van der Waals surface area contributed by atoms with Crippen LogP contribution in [0, 0.1) is 6.92 Å². The number of hydrogen-bond acceptors (Lipinski definition) is 4. The van der Waals surface area contributed by atoms with E-state index in [-0.39, 0.29) is 11.5 Å². The van der Waals surface area contributed by atoms with Gasteiger partial charge in [-0.2, -0.15) is 8.42 Å². The number of benzene rings is 3. The van der Waals surface area contributed by atoms with Crippen LogP contribution in [0.3, 0.4) is 0 Å². The Morgan fingerprint density at radius 3 is 2.44 bits per heavy atom. The Morgan fingerprint density at radius 2 is 1.72 bits per heavy atom. The smallest absolute Gasteiger partial charge is 0.296 e. The van der Waals surface area contributed by atoms with Crippen molar-refractivity contribution >= 4 is 20.9 Å². The number of rotatable bonds is 6. The molecule has 130 valence electrons. The molecular weight excluding hydrogens is 336 g/mol. The number of hydrogen-bond donors (Lipinski definition) is 0. The van der Waals surface area contributed by atoms with E-state index in [1.54, 1.807) is 31.4 Å². The molecule has 0 heterocycles. The molecule has 25 heavy (non-hydrogen) atoms. The molecule has 0 atom stereocenters. The maximum atomic E-state index is 12.3. The SMILES string of the molecule is COc1ccc2cccc(CCOS(=O)(=O)c3ccc(C)cc3)c2c1. The van der Waals surface area contributed by atoms with E-state index >= 15 is 0 Å². The molecule has 3 aromatic rings. The first kappa shape index (κ1) is 17.5. The molecule has 5 heteroatoms. The molecule has 0 aliphatic carbocycles. The Bertz CT molecular complexity index is 976. The highest BCUT2D eigenvalue weighted by Crippen LogP contribution is 2.24. The molecule has 0 unspecified atom stereocenters. The van der Waals surface area contributed by atoms with Crippen LogP contribution in [0.25, 0.3) is 10.8 Å². The standard InChI is InChI=1S/C20H20O4S/c1-15-6-10-19(11-7-15)25(21,22)24-13-12-17-5-3-4-16-8-9-18(23-2)14-20(16)17/h3-11,14H,12-13H2,1-2H3. The van der Waals surface area contributed by atoms with E-state index in [0.717, 1.165) is 27.6 Å². The van der Waals surface area contributed by atoms with Gasteiger partial charge in [0.2, 0.25) is 0 Å². The maximum absolute atomic E-state index is 12.3. The molecule has 0 radical (unpaired) electrons. The summed E-state index contributed by atoms with van der Waals surface area (Å²) >= 11 is 0. The highest BCUT2D eigenvalue weighted by molar-refractivity contribution is 7.86.